The average molecular weight is 272 g/mol. The predicted molar refractivity (Wildman–Crippen MR) is 67.4 cm³/mol. The molecule has 1 atom stereocenters. The van der Waals surface area contributed by atoms with Gasteiger partial charge in [0.1, 0.15) is 0 Å². The first-order chi connectivity index (χ1) is 8.95. The van der Waals surface area contributed by atoms with Crippen LogP contribution in [0.3, 0.4) is 0 Å². The first-order valence-electron chi connectivity index (χ1n) is 6.21. The summed E-state index contributed by atoms with van der Waals surface area (Å²) in [7, 11) is 0. The number of carbonyl (C=O) groups excluding carboxylic acids is 3. The molecule has 8 nitrogen and oxygen atoms in total. The van der Waals surface area contributed by atoms with E-state index in [0.717, 1.165) is 0 Å². The molecule has 0 aromatic carbocycles. The van der Waals surface area contributed by atoms with E-state index in [0.29, 0.717) is 32.8 Å². The predicted octanol–water partition coefficient (Wildman–Crippen LogP) is -0.656. The van der Waals surface area contributed by atoms with Gasteiger partial charge in [-0.25, -0.2) is 9.59 Å². The van der Waals surface area contributed by atoms with Crippen molar-refractivity contribution in [1.29, 1.82) is 0 Å². The lowest BCUT2D eigenvalue weighted by Gasteiger charge is -2.36. The van der Waals surface area contributed by atoms with Crippen LogP contribution in [0.1, 0.15) is 13.8 Å². The number of imide groups is 1. The maximum absolute atomic E-state index is 11.6. The van der Waals surface area contributed by atoms with Crippen LogP contribution in [0.15, 0.2) is 0 Å². The Morgan fingerprint density at radius 3 is 2.32 bits per heavy atom. The molecule has 19 heavy (non-hydrogen) atoms. The number of piperazine rings is 1. The Morgan fingerprint density at radius 2 is 1.84 bits per heavy atom. The van der Waals surface area contributed by atoms with Gasteiger partial charge in [0.2, 0.25) is 5.91 Å². The van der Waals surface area contributed by atoms with Crippen molar-refractivity contribution < 1.29 is 19.1 Å². The van der Waals surface area contributed by atoms with Gasteiger partial charge in [-0.3, -0.25) is 15.0 Å². The molecule has 0 aromatic rings. The monoisotopic (exact) mass is 272 g/mol. The van der Waals surface area contributed by atoms with E-state index < -0.39 is 18.0 Å². The third-order valence-electron chi connectivity index (χ3n) is 3.01. The number of amides is 4. The van der Waals surface area contributed by atoms with Crippen molar-refractivity contribution in [1.82, 2.24) is 15.1 Å². The molecule has 0 saturated carbocycles. The summed E-state index contributed by atoms with van der Waals surface area (Å²) < 4.78 is 4.91. The minimum absolute atomic E-state index is 0.337. The summed E-state index contributed by atoms with van der Waals surface area (Å²) in [5.41, 5.74) is 4.90. The van der Waals surface area contributed by atoms with Gasteiger partial charge in [-0.1, -0.05) is 0 Å². The van der Waals surface area contributed by atoms with Crippen LogP contribution in [0.5, 0.6) is 0 Å². The number of hydrogen-bond acceptors (Lipinski definition) is 5. The van der Waals surface area contributed by atoms with Gasteiger partial charge in [0.15, 0.2) is 0 Å². The molecule has 1 fully saturated rings. The van der Waals surface area contributed by atoms with Crippen LogP contribution in [0.4, 0.5) is 9.59 Å². The van der Waals surface area contributed by atoms with Crippen LogP contribution in [-0.4, -0.2) is 66.7 Å². The van der Waals surface area contributed by atoms with Gasteiger partial charge in [-0.2, -0.15) is 0 Å². The molecule has 1 aliphatic heterocycles. The summed E-state index contributed by atoms with van der Waals surface area (Å²) in [6.07, 6.45) is -0.337. The quantitative estimate of drug-likeness (QED) is 0.710. The molecule has 0 spiro atoms. The number of primary amides is 1. The molecule has 8 heteroatoms. The van der Waals surface area contributed by atoms with Crippen molar-refractivity contribution in [2.24, 2.45) is 5.73 Å². The Hall–Kier alpha value is -1.83. The molecule has 0 radical (unpaired) electrons. The number of rotatable bonds is 3. The summed E-state index contributed by atoms with van der Waals surface area (Å²) in [6, 6.07) is -1.32. The zero-order valence-corrected chi connectivity index (χ0v) is 11.2. The third kappa shape index (κ3) is 4.40. The Kier molecular flexibility index (Phi) is 5.56. The minimum atomic E-state index is -0.859. The molecule has 0 unspecified atom stereocenters. The molecule has 4 amide bonds. The number of urea groups is 1. The van der Waals surface area contributed by atoms with E-state index in [1.54, 1.807) is 18.7 Å². The van der Waals surface area contributed by atoms with Crippen molar-refractivity contribution in [3.8, 4) is 0 Å². The van der Waals surface area contributed by atoms with Crippen LogP contribution in [0.25, 0.3) is 0 Å². The number of nitrogens with two attached hydrogens (primary N) is 1. The van der Waals surface area contributed by atoms with E-state index >= 15 is 0 Å². The van der Waals surface area contributed by atoms with Crippen molar-refractivity contribution in [3.05, 3.63) is 0 Å². The summed E-state index contributed by atoms with van der Waals surface area (Å²) in [5, 5.41) is 2.05. The zero-order chi connectivity index (χ0) is 14.4. The van der Waals surface area contributed by atoms with Crippen LogP contribution in [0, 0.1) is 0 Å². The number of nitrogens with one attached hydrogen (secondary N) is 1. The van der Waals surface area contributed by atoms with Gasteiger partial charge in [0.05, 0.1) is 12.6 Å². The lowest BCUT2D eigenvalue weighted by Crippen LogP contribution is -2.56. The molecule has 3 N–H and O–H groups in total. The number of hydrogen-bond donors (Lipinski definition) is 2. The van der Waals surface area contributed by atoms with Crippen LogP contribution < -0.4 is 11.1 Å². The average Bonchev–Trinajstić information content (AvgIpc) is 2.37. The van der Waals surface area contributed by atoms with Crippen molar-refractivity contribution in [3.63, 3.8) is 0 Å². The van der Waals surface area contributed by atoms with Gasteiger partial charge < -0.3 is 15.4 Å². The highest BCUT2D eigenvalue weighted by Crippen LogP contribution is 2.07. The highest BCUT2D eigenvalue weighted by atomic mass is 16.6. The fourth-order valence-corrected chi connectivity index (χ4v) is 1.90. The smallest absolute Gasteiger partial charge is 0.409 e. The van der Waals surface area contributed by atoms with Gasteiger partial charge in [0.25, 0.3) is 0 Å². The van der Waals surface area contributed by atoms with Gasteiger partial charge >= 0.3 is 12.1 Å². The minimum Gasteiger partial charge on any atom is -0.450 e. The van der Waals surface area contributed by atoms with E-state index in [1.807, 2.05) is 10.2 Å². The van der Waals surface area contributed by atoms with Gasteiger partial charge in [-0.05, 0) is 13.8 Å². The Balaban J connectivity index is 2.42. The lowest BCUT2D eigenvalue weighted by molar-refractivity contribution is -0.125. The molecular weight excluding hydrogens is 252 g/mol. The number of carbonyl (C=O) groups is 3. The fraction of sp³-hybridized carbons (Fsp3) is 0.727. The summed E-state index contributed by atoms with van der Waals surface area (Å²) >= 11 is 0. The molecule has 108 valence electrons. The summed E-state index contributed by atoms with van der Waals surface area (Å²) in [4.78, 5) is 37.2. The van der Waals surface area contributed by atoms with E-state index in [4.69, 9.17) is 10.5 Å². The molecule has 1 aliphatic rings. The Morgan fingerprint density at radius 1 is 1.26 bits per heavy atom. The van der Waals surface area contributed by atoms with E-state index in [1.165, 1.54) is 0 Å². The second kappa shape index (κ2) is 6.93. The fourth-order valence-electron chi connectivity index (χ4n) is 1.90. The first kappa shape index (κ1) is 15.2. The largest absolute Gasteiger partial charge is 0.450 e. The SMILES string of the molecule is CCOC(=O)N1CCN([C@H](C)C(=O)NC(N)=O)CC1. The molecular formula is C11H20N4O4. The van der Waals surface area contributed by atoms with E-state index in [2.05, 4.69) is 0 Å². The topological polar surface area (TPSA) is 105 Å². The molecule has 0 aliphatic carbocycles. The molecule has 0 aromatic heterocycles. The first-order valence-corrected chi connectivity index (χ1v) is 6.21. The molecule has 1 heterocycles. The van der Waals surface area contributed by atoms with Crippen molar-refractivity contribution >= 4 is 18.0 Å². The van der Waals surface area contributed by atoms with Crippen molar-refractivity contribution in [2.45, 2.75) is 19.9 Å². The Bertz CT molecular complexity index is 353. The maximum Gasteiger partial charge on any atom is 0.409 e. The highest BCUT2D eigenvalue weighted by Gasteiger charge is 2.28. The number of ether oxygens (including phenoxy) is 1. The zero-order valence-electron chi connectivity index (χ0n) is 11.2. The normalized spacial score (nSPS) is 17.7. The van der Waals surface area contributed by atoms with E-state index in [9.17, 15) is 14.4 Å². The second-order valence-electron chi connectivity index (χ2n) is 4.25. The van der Waals surface area contributed by atoms with Gasteiger partial charge in [-0.15, -0.1) is 0 Å². The molecule has 1 saturated heterocycles. The summed E-state index contributed by atoms with van der Waals surface area (Å²) in [5.74, 6) is -0.433. The summed E-state index contributed by atoms with van der Waals surface area (Å²) in [6.45, 7) is 5.87. The molecule has 0 bridgehead atoms. The number of nitrogens with zero attached hydrogens (tertiary/aromatic N) is 2. The highest BCUT2D eigenvalue weighted by molar-refractivity contribution is 5.96. The molecule has 1 rings (SSSR count). The van der Waals surface area contributed by atoms with Gasteiger partial charge in [0, 0.05) is 26.2 Å². The standard InChI is InChI=1S/C11H20N4O4/c1-3-19-11(18)15-6-4-14(5-7-15)8(2)9(16)13-10(12)17/h8H,3-7H2,1-2H3,(H3,12,13,16,17)/t8-/m1/s1. The van der Waals surface area contributed by atoms with Crippen LogP contribution in [-0.2, 0) is 9.53 Å². The van der Waals surface area contributed by atoms with E-state index in [-0.39, 0.29) is 6.09 Å². The Labute approximate surface area is 111 Å². The second-order valence-corrected chi connectivity index (χ2v) is 4.25. The maximum atomic E-state index is 11.6. The van der Waals surface area contributed by atoms with Crippen LogP contribution >= 0.6 is 0 Å². The van der Waals surface area contributed by atoms with Crippen molar-refractivity contribution in [2.75, 3.05) is 32.8 Å². The third-order valence-corrected chi connectivity index (χ3v) is 3.01. The van der Waals surface area contributed by atoms with Crippen LogP contribution in [0.2, 0.25) is 0 Å². The lowest BCUT2D eigenvalue weighted by atomic mass is 10.2.